The average molecular weight is 433 g/mol. The maximum Gasteiger partial charge on any atom is 0.270 e. The Balaban J connectivity index is 1.47. The molecule has 2 saturated heterocycles. The first-order valence-corrected chi connectivity index (χ1v) is 11.7. The summed E-state index contributed by atoms with van der Waals surface area (Å²) in [4.78, 5) is 27.1. The van der Waals surface area contributed by atoms with Crippen LogP contribution in [0.5, 0.6) is 0 Å². The first-order valence-electron chi connectivity index (χ1n) is 9.95. The number of hydrogen-bond acceptors (Lipinski definition) is 6. The minimum atomic E-state index is -3.41. The monoisotopic (exact) mass is 432 g/mol. The van der Waals surface area contributed by atoms with Crippen molar-refractivity contribution in [2.75, 3.05) is 18.8 Å². The van der Waals surface area contributed by atoms with Crippen molar-refractivity contribution < 1.29 is 23.1 Å². The number of hydrogen-bond donors (Lipinski definition) is 2. The lowest BCUT2D eigenvalue weighted by Crippen LogP contribution is -2.58. The lowest BCUT2D eigenvalue weighted by molar-refractivity contribution is -0.133. The molecule has 2 aromatic rings. The van der Waals surface area contributed by atoms with Gasteiger partial charge in [-0.2, -0.15) is 5.10 Å². The molecule has 1 aromatic heterocycles. The van der Waals surface area contributed by atoms with Crippen LogP contribution >= 0.6 is 0 Å². The molecule has 2 fully saturated rings. The van der Waals surface area contributed by atoms with Crippen LogP contribution in [0.1, 0.15) is 29.8 Å². The fourth-order valence-corrected chi connectivity index (χ4v) is 5.88. The van der Waals surface area contributed by atoms with E-state index in [9.17, 15) is 23.1 Å². The number of aliphatic hydroxyl groups excluding tert-OH is 1. The highest BCUT2D eigenvalue weighted by Crippen LogP contribution is 2.24. The summed E-state index contributed by atoms with van der Waals surface area (Å²) in [6.45, 7) is 0.331. The number of nitrogens with zero attached hydrogens (tertiary/aromatic N) is 3. The summed E-state index contributed by atoms with van der Waals surface area (Å²) < 4.78 is 25.7. The molecule has 0 spiro atoms. The van der Waals surface area contributed by atoms with E-state index in [1.54, 1.807) is 6.07 Å². The molecule has 2 amide bonds. The third-order valence-corrected chi connectivity index (χ3v) is 7.85. The highest BCUT2D eigenvalue weighted by molar-refractivity contribution is 7.93. The number of para-hydroxylation sites is 1. The maximum absolute atomic E-state index is 12.9. The number of rotatable bonds is 4. The molecule has 30 heavy (non-hydrogen) atoms. The van der Waals surface area contributed by atoms with Crippen molar-refractivity contribution in [1.29, 1.82) is 0 Å². The number of nitrogens with one attached hydrogen (secondary N) is 1. The predicted molar refractivity (Wildman–Crippen MR) is 109 cm³/mol. The van der Waals surface area contributed by atoms with Crippen LogP contribution in [-0.2, 0) is 14.6 Å². The Hall–Kier alpha value is -2.72. The van der Waals surface area contributed by atoms with Crippen molar-refractivity contribution in [2.45, 2.75) is 36.7 Å². The number of benzene rings is 1. The van der Waals surface area contributed by atoms with Crippen LogP contribution in [-0.4, -0.2) is 76.3 Å². The van der Waals surface area contributed by atoms with E-state index in [2.05, 4.69) is 10.4 Å². The summed E-state index contributed by atoms with van der Waals surface area (Å²) in [6.07, 6.45) is 1.76. The SMILES string of the molecule is O=C(N[C@@H]1CN(C(=O)C2CCCS2(=O)=O)CC[C@H]1O)c1ccnn1-c1ccccc1. The summed E-state index contributed by atoms with van der Waals surface area (Å²) in [6, 6.07) is 10.1. The maximum atomic E-state index is 12.9. The Labute approximate surface area is 174 Å². The predicted octanol–water partition coefficient (Wildman–Crippen LogP) is 0.141. The van der Waals surface area contributed by atoms with E-state index in [0.717, 1.165) is 5.69 Å². The van der Waals surface area contributed by atoms with Gasteiger partial charge in [0.15, 0.2) is 9.84 Å². The van der Waals surface area contributed by atoms with Crippen LogP contribution in [0, 0.1) is 0 Å². The number of carbonyl (C=O) groups is 2. The molecular formula is C20H24N4O5S. The van der Waals surface area contributed by atoms with Crippen molar-refractivity contribution in [3.63, 3.8) is 0 Å². The third-order valence-electron chi connectivity index (χ3n) is 5.68. The van der Waals surface area contributed by atoms with Gasteiger partial charge in [0.05, 0.1) is 29.8 Å². The highest BCUT2D eigenvalue weighted by atomic mass is 32.2. The van der Waals surface area contributed by atoms with Crippen LogP contribution in [0.15, 0.2) is 42.6 Å². The van der Waals surface area contributed by atoms with E-state index in [1.807, 2.05) is 30.3 Å². The molecule has 3 atom stereocenters. The lowest BCUT2D eigenvalue weighted by atomic mass is 10.0. The summed E-state index contributed by atoms with van der Waals surface area (Å²) in [7, 11) is -3.41. The summed E-state index contributed by atoms with van der Waals surface area (Å²) >= 11 is 0. The van der Waals surface area contributed by atoms with E-state index >= 15 is 0 Å². The molecule has 2 aliphatic heterocycles. The van der Waals surface area contributed by atoms with Gasteiger partial charge in [-0.25, -0.2) is 13.1 Å². The second kappa shape index (κ2) is 8.19. The Morgan fingerprint density at radius 3 is 2.60 bits per heavy atom. The molecule has 160 valence electrons. The minimum absolute atomic E-state index is 0.0313. The van der Waals surface area contributed by atoms with Crippen LogP contribution in [0.2, 0.25) is 0 Å². The molecule has 10 heteroatoms. The van der Waals surface area contributed by atoms with Gasteiger partial charge in [-0.3, -0.25) is 9.59 Å². The third kappa shape index (κ3) is 3.97. The topological polar surface area (TPSA) is 122 Å². The normalized spacial score (nSPS) is 25.8. The van der Waals surface area contributed by atoms with Gasteiger partial charge in [-0.05, 0) is 37.5 Å². The van der Waals surface area contributed by atoms with Gasteiger partial charge >= 0.3 is 0 Å². The number of amides is 2. The van der Waals surface area contributed by atoms with Crippen LogP contribution < -0.4 is 5.32 Å². The number of carbonyl (C=O) groups excluding carboxylic acids is 2. The molecule has 0 bridgehead atoms. The Morgan fingerprint density at radius 2 is 1.90 bits per heavy atom. The van der Waals surface area contributed by atoms with Gasteiger partial charge in [0, 0.05) is 13.1 Å². The van der Waals surface area contributed by atoms with E-state index in [0.29, 0.717) is 18.5 Å². The highest BCUT2D eigenvalue weighted by Gasteiger charge is 2.42. The van der Waals surface area contributed by atoms with Gasteiger partial charge in [-0.15, -0.1) is 0 Å². The fourth-order valence-electron chi connectivity index (χ4n) is 4.05. The Bertz CT molecular complexity index is 1040. The molecule has 3 heterocycles. The van der Waals surface area contributed by atoms with Gasteiger partial charge in [0.2, 0.25) is 5.91 Å². The van der Waals surface area contributed by atoms with E-state index in [4.69, 9.17) is 0 Å². The fraction of sp³-hybridized carbons (Fsp3) is 0.450. The Morgan fingerprint density at radius 1 is 1.13 bits per heavy atom. The summed E-state index contributed by atoms with van der Waals surface area (Å²) in [5, 5.41) is 16.3. The smallest absolute Gasteiger partial charge is 0.270 e. The molecule has 9 nitrogen and oxygen atoms in total. The van der Waals surface area contributed by atoms with Gasteiger partial charge in [0.1, 0.15) is 10.9 Å². The first-order chi connectivity index (χ1) is 14.4. The zero-order chi connectivity index (χ0) is 21.3. The first kappa shape index (κ1) is 20.5. The van der Waals surface area contributed by atoms with Crippen LogP contribution in [0.4, 0.5) is 0 Å². The van der Waals surface area contributed by atoms with Gasteiger partial charge in [-0.1, -0.05) is 18.2 Å². The Kier molecular flexibility index (Phi) is 5.61. The molecule has 0 radical (unpaired) electrons. The van der Waals surface area contributed by atoms with Crippen molar-refractivity contribution >= 4 is 21.7 Å². The molecule has 2 N–H and O–H groups in total. The lowest BCUT2D eigenvalue weighted by Gasteiger charge is -2.37. The van der Waals surface area contributed by atoms with Crippen LogP contribution in [0.25, 0.3) is 5.69 Å². The standard InChI is InChI=1S/C20H24N4O5S/c25-17-9-11-23(20(27)18-7-4-12-30(18,28)29)13-15(17)22-19(26)16-8-10-21-24(16)14-5-2-1-3-6-14/h1-3,5-6,8,10,15,17-18,25H,4,7,9,11-13H2,(H,22,26)/t15-,17-,18?/m1/s1. The van der Waals surface area contributed by atoms with E-state index in [-0.39, 0.29) is 25.3 Å². The summed E-state index contributed by atoms with van der Waals surface area (Å²) in [5.41, 5.74) is 1.02. The zero-order valence-electron chi connectivity index (χ0n) is 16.3. The number of aromatic nitrogens is 2. The number of aliphatic hydroxyl groups is 1. The second-order valence-electron chi connectivity index (χ2n) is 7.68. The molecule has 1 unspecified atom stereocenters. The van der Waals surface area contributed by atoms with Crippen molar-refractivity contribution in [1.82, 2.24) is 20.0 Å². The molecule has 0 aliphatic carbocycles. The molecule has 2 aliphatic rings. The molecule has 4 rings (SSSR count). The average Bonchev–Trinajstić information content (AvgIpc) is 3.36. The quantitative estimate of drug-likeness (QED) is 0.709. The van der Waals surface area contributed by atoms with Crippen molar-refractivity contribution in [2.24, 2.45) is 0 Å². The zero-order valence-corrected chi connectivity index (χ0v) is 17.2. The van der Waals surface area contributed by atoms with Crippen molar-refractivity contribution in [3.8, 4) is 5.69 Å². The molecule has 0 saturated carbocycles. The largest absolute Gasteiger partial charge is 0.391 e. The van der Waals surface area contributed by atoms with Gasteiger partial charge < -0.3 is 15.3 Å². The minimum Gasteiger partial charge on any atom is -0.391 e. The number of likely N-dealkylation sites (tertiary alicyclic amines) is 1. The second-order valence-corrected chi connectivity index (χ2v) is 9.98. The van der Waals surface area contributed by atoms with Crippen molar-refractivity contribution in [3.05, 3.63) is 48.3 Å². The van der Waals surface area contributed by atoms with E-state index < -0.39 is 39.0 Å². The van der Waals surface area contributed by atoms with E-state index in [1.165, 1.54) is 15.8 Å². The summed E-state index contributed by atoms with van der Waals surface area (Å²) in [5.74, 6) is -0.833. The number of sulfone groups is 1. The number of piperidine rings is 1. The molecular weight excluding hydrogens is 408 g/mol. The van der Waals surface area contributed by atoms with Gasteiger partial charge in [0.25, 0.3) is 5.91 Å². The van der Waals surface area contributed by atoms with Crippen LogP contribution in [0.3, 0.4) is 0 Å². The molecule has 1 aromatic carbocycles.